The number of hydrogen-bond donors (Lipinski definition) is 1. The van der Waals surface area contributed by atoms with E-state index in [1.54, 1.807) is 67.6 Å². The highest BCUT2D eigenvalue weighted by Crippen LogP contribution is 2.28. The van der Waals surface area contributed by atoms with Crippen LogP contribution in [-0.2, 0) is 26.2 Å². The molecule has 11 heteroatoms. The van der Waals surface area contributed by atoms with E-state index in [0.29, 0.717) is 38.6 Å². The topological polar surface area (TPSA) is 86.8 Å². The summed E-state index contributed by atoms with van der Waals surface area (Å²) in [7, 11) is -4.14. The lowest BCUT2D eigenvalue weighted by atomic mass is 10.1. The number of carbonyl (C=O) groups excluding carboxylic acids is 2. The number of benzene rings is 3. The fraction of sp³-hybridized carbons (Fsp3) is 0.310. The van der Waals surface area contributed by atoms with Crippen LogP contribution in [-0.4, -0.2) is 43.8 Å². The molecular weight excluding hydrogens is 637 g/mol. The van der Waals surface area contributed by atoms with Crippen LogP contribution in [0, 0.1) is 0 Å². The molecule has 0 bridgehead atoms. The fourth-order valence-corrected chi connectivity index (χ4v) is 6.36. The van der Waals surface area contributed by atoms with Crippen LogP contribution in [0.5, 0.6) is 0 Å². The second-order valence-electron chi connectivity index (χ2n) is 9.30. The summed E-state index contributed by atoms with van der Waals surface area (Å²) in [6.45, 7) is 5.09. The van der Waals surface area contributed by atoms with Gasteiger partial charge in [-0.2, -0.15) is 0 Å². The molecule has 3 aromatic rings. The Balaban J connectivity index is 2.07. The summed E-state index contributed by atoms with van der Waals surface area (Å²) in [5, 5.41) is 3.72. The molecule has 0 unspecified atom stereocenters. The Bertz CT molecular complexity index is 1440. The van der Waals surface area contributed by atoms with Crippen LogP contribution in [0.25, 0.3) is 0 Å². The molecule has 2 atom stereocenters. The number of nitrogens with zero attached hydrogens (tertiary/aromatic N) is 2. The molecule has 214 valence electrons. The minimum Gasteiger partial charge on any atom is -0.352 e. The second kappa shape index (κ2) is 14.3. The molecule has 2 amide bonds. The van der Waals surface area contributed by atoms with Crippen LogP contribution in [0.3, 0.4) is 0 Å². The van der Waals surface area contributed by atoms with E-state index >= 15 is 0 Å². The van der Waals surface area contributed by atoms with Crippen LogP contribution in [0.1, 0.15) is 39.2 Å². The Hall–Kier alpha value is -2.59. The highest BCUT2D eigenvalue weighted by molar-refractivity contribution is 9.10. The third kappa shape index (κ3) is 8.00. The Morgan fingerprint density at radius 1 is 0.950 bits per heavy atom. The van der Waals surface area contributed by atoms with Crippen molar-refractivity contribution >= 4 is 66.7 Å². The minimum atomic E-state index is -4.14. The predicted octanol–water partition coefficient (Wildman–Crippen LogP) is 6.67. The number of carbonyl (C=O) groups is 2. The van der Waals surface area contributed by atoms with Crippen molar-refractivity contribution in [3.05, 3.63) is 92.9 Å². The largest absolute Gasteiger partial charge is 0.352 e. The molecule has 0 aliphatic rings. The quantitative estimate of drug-likeness (QED) is 0.234. The summed E-state index contributed by atoms with van der Waals surface area (Å²) in [5.41, 5.74) is 0.877. The van der Waals surface area contributed by atoms with E-state index < -0.39 is 28.5 Å². The molecule has 0 heterocycles. The number of nitrogens with one attached hydrogen (secondary N) is 1. The molecular formula is C29H32BrCl2N3O4S. The highest BCUT2D eigenvalue weighted by Gasteiger charge is 2.34. The first-order valence-electron chi connectivity index (χ1n) is 12.8. The van der Waals surface area contributed by atoms with Gasteiger partial charge in [0.2, 0.25) is 11.8 Å². The number of rotatable bonds is 12. The first-order valence-corrected chi connectivity index (χ1v) is 15.8. The maximum Gasteiger partial charge on any atom is 0.264 e. The van der Waals surface area contributed by atoms with Gasteiger partial charge in [-0.15, -0.1) is 0 Å². The molecule has 0 aliphatic heterocycles. The van der Waals surface area contributed by atoms with Crippen LogP contribution in [0.15, 0.2) is 82.2 Å². The second-order valence-corrected chi connectivity index (χ2v) is 12.9. The molecule has 0 radical (unpaired) electrons. The molecule has 0 fully saturated rings. The smallest absolute Gasteiger partial charge is 0.264 e. The van der Waals surface area contributed by atoms with Crippen molar-refractivity contribution in [1.29, 1.82) is 0 Å². The van der Waals surface area contributed by atoms with Gasteiger partial charge in [0.25, 0.3) is 10.0 Å². The van der Waals surface area contributed by atoms with Crippen LogP contribution in [0.2, 0.25) is 10.0 Å². The summed E-state index contributed by atoms with van der Waals surface area (Å²) in [5.74, 6) is -0.883. The lowest BCUT2D eigenvalue weighted by Crippen LogP contribution is -2.53. The molecule has 0 saturated carbocycles. The number of anilines is 1. The van der Waals surface area contributed by atoms with Gasteiger partial charge in [-0.3, -0.25) is 13.9 Å². The van der Waals surface area contributed by atoms with Gasteiger partial charge in [-0.05, 0) is 67.8 Å². The maximum absolute atomic E-state index is 14.1. The number of hydrogen-bond acceptors (Lipinski definition) is 4. The van der Waals surface area contributed by atoms with Gasteiger partial charge in [0.05, 0.1) is 10.6 Å². The highest BCUT2D eigenvalue weighted by atomic mass is 79.9. The van der Waals surface area contributed by atoms with E-state index in [0.717, 1.165) is 4.31 Å². The molecule has 40 heavy (non-hydrogen) atoms. The van der Waals surface area contributed by atoms with Crippen molar-refractivity contribution in [1.82, 2.24) is 10.2 Å². The molecule has 0 aliphatic carbocycles. The van der Waals surface area contributed by atoms with Gasteiger partial charge in [0.15, 0.2) is 0 Å². The summed E-state index contributed by atoms with van der Waals surface area (Å²) >= 11 is 15.9. The standard InChI is InChI=1S/C29H32BrCl2N3O4S/c1-4-20(3)33-29(37)27(5-2)34(18-21-14-15-23(31)17-26(21)32)28(36)19-35(24-11-9-10-22(30)16-24)40(38,39)25-12-7-6-8-13-25/h6-17,20,27H,4-5,18-19H2,1-3H3,(H,33,37)/t20-,27-/m1/s1. The monoisotopic (exact) mass is 667 g/mol. The zero-order valence-corrected chi connectivity index (χ0v) is 26.4. The number of sulfonamides is 1. The van der Waals surface area contributed by atoms with Gasteiger partial charge in [-0.25, -0.2) is 8.42 Å². The first kappa shape index (κ1) is 31.9. The fourth-order valence-electron chi connectivity index (χ4n) is 4.07. The normalized spacial score (nSPS) is 12.8. The molecule has 7 nitrogen and oxygen atoms in total. The van der Waals surface area contributed by atoms with Crippen molar-refractivity contribution in [2.75, 3.05) is 10.8 Å². The van der Waals surface area contributed by atoms with E-state index in [1.165, 1.54) is 17.0 Å². The molecule has 1 N–H and O–H groups in total. The third-order valence-corrected chi connectivity index (χ3v) is 9.32. The summed E-state index contributed by atoms with van der Waals surface area (Å²) in [6, 6.07) is 18.5. The maximum atomic E-state index is 14.1. The summed E-state index contributed by atoms with van der Waals surface area (Å²) < 4.78 is 29.4. The average molecular weight is 669 g/mol. The number of amides is 2. The molecule has 0 spiro atoms. The van der Waals surface area contributed by atoms with Gasteiger partial charge in [0, 0.05) is 27.1 Å². The molecule has 0 aromatic heterocycles. The van der Waals surface area contributed by atoms with E-state index in [-0.39, 0.29) is 23.4 Å². The molecule has 3 rings (SSSR count). The van der Waals surface area contributed by atoms with Gasteiger partial charge in [-0.1, -0.05) is 83.3 Å². The van der Waals surface area contributed by atoms with Gasteiger partial charge >= 0.3 is 0 Å². The van der Waals surface area contributed by atoms with Crippen molar-refractivity contribution in [2.45, 2.75) is 57.1 Å². The Morgan fingerprint density at radius 3 is 2.25 bits per heavy atom. The van der Waals surface area contributed by atoms with Crippen LogP contribution in [0.4, 0.5) is 5.69 Å². The number of halogens is 3. The predicted molar refractivity (Wildman–Crippen MR) is 164 cm³/mol. The van der Waals surface area contributed by atoms with Crippen molar-refractivity contribution in [2.24, 2.45) is 0 Å². The average Bonchev–Trinajstić information content (AvgIpc) is 2.92. The first-order chi connectivity index (χ1) is 19.0. The van der Waals surface area contributed by atoms with Crippen molar-refractivity contribution in [3.8, 4) is 0 Å². The lowest BCUT2D eigenvalue weighted by Gasteiger charge is -2.34. The zero-order valence-electron chi connectivity index (χ0n) is 22.5. The molecule has 0 saturated heterocycles. The van der Waals surface area contributed by atoms with Gasteiger partial charge in [0.1, 0.15) is 12.6 Å². The van der Waals surface area contributed by atoms with Gasteiger partial charge < -0.3 is 10.2 Å². The van der Waals surface area contributed by atoms with E-state index in [1.807, 2.05) is 13.8 Å². The molecule has 3 aromatic carbocycles. The Kier molecular flexibility index (Phi) is 11.5. The lowest BCUT2D eigenvalue weighted by molar-refractivity contribution is -0.140. The van der Waals surface area contributed by atoms with Crippen molar-refractivity contribution < 1.29 is 18.0 Å². The summed E-state index contributed by atoms with van der Waals surface area (Å²) in [4.78, 5) is 28.9. The van der Waals surface area contributed by atoms with E-state index in [9.17, 15) is 18.0 Å². The van der Waals surface area contributed by atoms with E-state index in [2.05, 4.69) is 21.2 Å². The third-order valence-electron chi connectivity index (χ3n) is 6.45. The van der Waals surface area contributed by atoms with Crippen molar-refractivity contribution in [3.63, 3.8) is 0 Å². The van der Waals surface area contributed by atoms with E-state index in [4.69, 9.17) is 23.2 Å². The van der Waals surface area contributed by atoms with Crippen LogP contribution < -0.4 is 9.62 Å². The van der Waals surface area contributed by atoms with Crippen LogP contribution >= 0.6 is 39.1 Å². The Labute approximate surface area is 254 Å². The zero-order chi connectivity index (χ0) is 29.4. The minimum absolute atomic E-state index is 0.0149. The SMILES string of the molecule is CC[C@@H](C)NC(=O)[C@@H](CC)N(Cc1ccc(Cl)cc1Cl)C(=O)CN(c1cccc(Br)c1)S(=O)(=O)c1ccccc1. The summed E-state index contributed by atoms with van der Waals surface area (Å²) in [6.07, 6.45) is 1.02. The Morgan fingerprint density at radius 2 is 1.65 bits per heavy atom.